The summed E-state index contributed by atoms with van der Waals surface area (Å²) in [6.07, 6.45) is 6.74. The first-order chi connectivity index (χ1) is 8.13. The molecule has 0 fully saturated rings. The largest absolute Gasteiger partial charge is 0.309 e. The molecule has 3 heteroatoms. The van der Waals surface area contributed by atoms with Gasteiger partial charge in [-0.15, -0.1) is 11.3 Å². The molecule has 0 aliphatic heterocycles. The van der Waals surface area contributed by atoms with E-state index in [2.05, 4.69) is 48.1 Å². The van der Waals surface area contributed by atoms with Crippen LogP contribution in [0.1, 0.15) is 55.7 Å². The van der Waals surface area contributed by atoms with Gasteiger partial charge in [0.05, 0.1) is 0 Å². The molecule has 1 rings (SSSR count). The molecule has 1 aromatic heterocycles. The zero-order valence-corrected chi connectivity index (χ0v) is 13.6. The van der Waals surface area contributed by atoms with E-state index >= 15 is 0 Å². The molecule has 1 nitrogen and oxygen atoms in total. The molecule has 1 aromatic rings. The lowest BCUT2D eigenvalue weighted by Gasteiger charge is -2.12. The molecule has 1 N–H and O–H groups in total. The van der Waals surface area contributed by atoms with Crippen LogP contribution in [0.3, 0.4) is 0 Å². The lowest BCUT2D eigenvalue weighted by atomic mass is 10.1. The number of nitrogens with one attached hydrogen (secondary N) is 1. The molecule has 98 valence electrons. The minimum absolute atomic E-state index is 0.632. The van der Waals surface area contributed by atoms with Crippen LogP contribution in [0, 0.1) is 6.92 Å². The predicted molar refractivity (Wildman–Crippen MR) is 81.8 cm³/mol. The molecule has 0 bridgehead atoms. The lowest BCUT2D eigenvalue weighted by molar-refractivity contribution is 0.484. The Morgan fingerprint density at radius 1 is 1.35 bits per heavy atom. The number of rotatable bonds is 8. The SMILES string of the molecule is CCCCCCC(C)NCc1cc(Br)c(C)s1. The Bertz CT molecular complexity index is 303. The number of thiophene rings is 1. The second-order valence-corrected chi connectivity index (χ2v) is 6.94. The van der Waals surface area contributed by atoms with Gasteiger partial charge in [0.15, 0.2) is 0 Å². The zero-order chi connectivity index (χ0) is 12.7. The van der Waals surface area contributed by atoms with E-state index in [1.807, 2.05) is 11.3 Å². The summed E-state index contributed by atoms with van der Waals surface area (Å²) in [5.41, 5.74) is 0. The summed E-state index contributed by atoms with van der Waals surface area (Å²) in [6, 6.07) is 2.87. The molecule has 0 amide bonds. The van der Waals surface area contributed by atoms with Gasteiger partial charge < -0.3 is 5.32 Å². The molecule has 0 aliphatic carbocycles. The minimum atomic E-state index is 0.632. The second kappa shape index (κ2) is 8.28. The highest BCUT2D eigenvalue weighted by Gasteiger charge is 2.05. The van der Waals surface area contributed by atoms with Crippen LogP contribution in [0.5, 0.6) is 0 Å². The van der Waals surface area contributed by atoms with Gasteiger partial charge in [-0.05, 0) is 42.3 Å². The number of unbranched alkanes of at least 4 members (excludes halogenated alkanes) is 3. The van der Waals surface area contributed by atoms with Gasteiger partial charge >= 0.3 is 0 Å². The number of aryl methyl sites for hydroxylation is 1. The summed E-state index contributed by atoms with van der Waals surface area (Å²) in [6.45, 7) is 7.72. The Hall–Kier alpha value is 0.140. The van der Waals surface area contributed by atoms with Crippen molar-refractivity contribution in [1.29, 1.82) is 0 Å². The molecule has 1 unspecified atom stereocenters. The van der Waals surface area contributed by atoms with Crippen molar-refractivity contribution in [2.24, 2.45) is 0 Å². The highest BCUT2D eigenvalue weighted by molar-refractivity contribution is 9.10. The topological polar surface area (TPSA) is 12.0 Å². The standard InChI is InChI=1S/C14H24BrNS/c1-4-5-6-7-8-11(2)16-10-13-9-14(15)12(3)17-13/h9,11,16H,4-8,10H2,1-3H3. The highest BCUT2D eigenvalue weighted by Crippen LogP contribution is 2.26. The Morgan fingerprint density at radius 3 is 2.71 bits per heavy atom. The summed E-state index contributed by atoms with van der Waals surface area (Å²) in [7, 11) is 0. The first-order valence-corrected chi connectivity index (χ1v) is 8.22. The van der Waals surface area contributed by atoms with E-state index in [1.165, 1.54) is 46.3 Å². The van der Waals surface area contributed by atoms with E-state index in [9.17, 15) is 0 Å². The molecule has 0 spiro atoms. The molecular weight excluding hydrogens is 294 g/mol. The van der Waals surface area contributed by atoms with Gasteiger partial charge in [0.2, 0.25) is 0 Å². The maximum Gasteiger partial charge on any atom is 0.0314 e. The van der Waals surface area contributed by atoms with E-state index in [0.29, 0.717) is 6.04 Å². The maximum atomic E-state index is 3.61. The van der Waals surface area contributed by atoms with E-state index in [4.69, 9.17) is 0 Å². The summed E-state index contributed by atoms with van der Waals surface area (Å²) in [5, 5.41) is 3.61. The van der Waals surface area contributed by atoms with Crippen molar-refractivity contribution >= 4 is 27.3 Å². The van der Waals surface area contributed by atoms with Gasteiger partial charge in [-0.25, -0.2) is 0 Å². The van der Waals surface area contributed by atoms with Crippen LogP contribution in [-0.2, 0) is 6.54 Å². The molecule has 0 aromatic carbocycles. The predicted octanol–water partition coefficient (Wildman–Crippen LogP) is 5.27. The Balaban J connectivity index is 2.17. The molecule has 0 radical (unpaired) electrons. The van der Waals surface area contributed by atoms with E-state index in [0.717, 1.165) is 6.54 Å². The van der Waals surface area contributed by atoms with Crippen molar-refractivity contribution in [2.45, 2.75) is 65.5 Å². The number of hydrogen-bond acceptors (Lipinski definition) is 2. The average Bonchev–Trinajstić information content (AvgIpc) is 2.62. The molecular formula is C14H24BrNS. The van der Waals surface area contributed by atoms with Crippen molar-refractivity contribution in [3.8, 4) is 0 Å². The third kappa shape index (κ3) is 6.03. The van der Waals surface area contributed by atoms with Crippen LogP contribution in [0.15, 0.2) is 10.5 Å². The third-order valence-electron chi connectivity index (χ3n) is 3.02. The summed E-state index contributed by atoms with van der Waals surface area (Å²) in [5.74, 6) is 0. The third-order valence-corrected chi connectivity index (χ3v) is 5.16. The quantitative estimate of drug-likeness (QED) is 0.644. The van der Waals surface area contributed by atoms with Crippen molar-refractivity contribution in [2.75, 3.05) is 0 Å². The molecule has 1 atom stereocenters. The fraction of sp³-hybridized carbons (Fsp3) is 0.714. The van der Waals surface area contributed by atoms with Gasteiger partial charge in [0.1, 0.15) is 0 Å². The number of halogens is 1. The molecule has 1 heterocycles. The van der Waals surface area contributed by atoms with Crippen molar-refractivity contribution < 1.29 is 0 Å². The van der Waals surface area contributed by atoms with Gasteiger partial charge in [-0.3, -0.25) is 0 Å². The lowest BCUT2D eigenvalue weighted by Crippen LogP contribution is -2.24. The maximum absolute atomic E-state index is 3.61. The number of hydrogen-bond donors (Lipinski definition) is 1. The van der Waals surface area contributed by atoms with Gasteiger partial charge in [-0.2, -0.15) is 0 Å². The first-order valence-electron chi connectivity index (χ1n) is 6.61. The van der Waals surface area contributed by atoms with Crippen LogP contribution in [0.25, 0.3) is 0 Å². The molecule has 0 saturated heterocycles. The van der Waals surface area contributed by atoms with Gasteiger partial charge in [-0.1, -0.05) is 32.6 Å². The van der Waals surface area contributed by atoms with Gasteiger partial charge in [0, 0.05) is 26.8 Å². The van der Waals surface area contributed by atoms with Crippen molar-refractivity contribution in [3.63, 3.8) is 0 Å². The average molecular weight is 318 g/mol. The smallest absolute Gasteiger partial charge is 0.0314 e. The monoisotopic (exact) mass is 317 g/mol. The van der Waals surface area contributed by atoms with Crippen LogP contribution in [-0.4, -0.2) is 6.04 Å². The fourth-order valence-electron chi connectivity index (χ4n) is 1.86. The van der Waals surface area contributed by atoms with E-state index in [-0.39, 0.29) is 0 Å². The Morgan fingerprint density at radius 2 is 2.12 bits per heavy atom. The van der Waals surface area contributed by atoms with Crippen LogP contribution < -0.4 is 5.32 Å². The van der Waals surface area contributed by atoms with Crippen molar-refractivity contribution in [3.05, 3.63) is 20.3 Å². The van der Waals surface area contributed by atoms with Crippen LogP contribution in [0.2, 0.25) is 0 Å². The van der Waals surface area contributed by atoms with E-state index < -0.39 is 0 Å². The first kappa shape index (κ1) is 15.2. The fourth-order valence-corrected chi connectivity index (χ4v) is 3.41. The van der Waals surface area contributed by atoms with Crippen LogP contribution in [0.4, 0.5) is 0 Å². The highest BCUT2D eigenvalue weighted by atomic mass is 79.9. The van der Waals surface area contributed by atoms with Gasteiger partial charge in [0.25, 0.3) is 0 Å². The van der Waals surface area contributed by atoms with Crippen LogP contribution >= 0.6 is 27.3 Å². The summed E-state index contributed by atoms with van der Waals surface area (Å²) < 4.78 is 1.25. The Labute approximate surface area is 118 Å². The molecule has 0 saturated carbocycles. The zero-order valence-electron chi connectivity index (χ0n) is 11.2. The molecule has 17 heavy (non-hydrogen) atoms. The summed E-state index contributed by atoms with van der Waals surface area (Å²) in [4.78, 5) is 2.80. The van der Waals surface area contributed by atoms with E-state index in [1.54, 1.807) is 0 Å². The van der Waals surface area contributed by atoms with Crippen molar-refractivity contribution in [1.82, 2.24) is 5.32 Å². The second-order valence-electron chi connectivity index (χ2n) is 4.75. The summed E-state index contributed by atoms with van der Waals surface area (Å²) >= 11 is 5.44. The normalized spacial score (nSPS) is 12.9. The minimum Gasteiger partial charge on any atom is -0.309 e. The Kier molecular flexibility index (Phi) is 7.40. The molecule has 0 aliphatic rings.